The van der Waals surface area contributed by atoms with Gasteiger partial charge in [-0.05, 0) is 86.0 Å². The van der Waals surface area contributed by atoms with Crippen LogP contribution >= 0.6 is 0 Å². The summed E-state index contributed by atoms with van der Waals surface area (Å²) in [5.74, 6) is 0.0219. The highest BCUT2D eigenvalue weighted by atomic mass is 16.6. The first kappa shape index (κ1) is 23.2. The van der Waals surface area contributed by atoms with E-state index in [-0.39, 0.29) is 23.5 Å². The molecule has 0 aromatic carbocycles. The van der Waals surface area contributed by atoms with Crippen molar-refractivity contribution in [1.82, 2.24) is 5.32 Å². The molecule has 0 aromatic rings. The molecule has 7 atom stereocenters. The number of carboxylic acids is 1. The summed E-state index contributed by atoms with van der Waals surface area (Å²) in [4.78, 5) is 27.9. The zero-order valence-electron chi connectivity index (χ0n) is 19.0. The third kappa shape index (κ3) is 3.96. The summed E-state index contributed by atoms with van der Waals surface area (Å²) in [6.07, 6.45) is 10.3. The number of aliphatic hydroxyl groups is 2. The number of oxime groups is 1. The number of nitrogens with zero attached hydrogens (tertiary/aromatic N) is 1. The van der Waals surface area contributed by atoms with Crippen LogP contribution in [0.1, 0.15) is 65.2 Å². The van der Waals surface area contributed by atoms with E-state index in [0.29, 0.717) is 17.8 Å². The quantitative estimate of drug-likeness (QED) is 0.461. The van der Waals surface area contributed by atoms with Crippen LogP contribution in [0.2, 0.25) is 0 Å². The van der Waals surface area contributed by atoms with Gasteiger partial charge in [-0.2, -0.15) is 0 Å². The SMILES string of the molecule is C[C@]12CC[C@H]3[C@@H](CCC4=CC(=NOCC(=O)NC(CO)C(=O)O)CC[C@@]43C)[C@@H]1CC[C@H]2O. The van der Waals surface area contributed by atoms with Crippen LogP contribution < -0.4 is 5.32 Å². The molecule has 4 rings (SSSR count). The zero-order valence-corrected chi connectivity index (χ0v) is 19.0. The predicted molar refractivity (Wildman–Crippen MR) is 118 cm³/mol. The highest BCUT2D eigenvalue weighted by Gasteiger charge is 2.58. The zero-order chi connectivity index (χ0) is 23.1. The number of carboxylic acid groups (broad SMARTS) is 1. The van der Waals surface area contributed by atoms with Crippen LogP contribution in [0.5, 0.6) is 0 Å². The van der Waals surface area contributed by atoms with Gasteiger partial charge in [0, 0.05) is 0 Å². The van der Waals surface area contributed by atoms with E-state index in [1.165, 1.54) is 12.0 Å². The largest absolute Gasteiger partial charge is 0.480 e. The van der Waals surface area contributed by atoms with E-state index in [4.69, 9.17) is 15.1 Å². The Morgan fingerprint density at radius 2 is 1.97 bits per heavy atom. The topological polar surface area (TPSA) is 128 Å². The number of allylic oxidation sites excluding steroid dienone is 2. The van der Waals surface area contributed by atoms with Crippen LogP contribution in [0.15, 0.2) is 16.8 Å². The average Bonchev–Trinajstić information content (AvgIpc) is 3.06. The number of rotatable bonds is 6. The molecule has 4 aliphatic rings. The van der Waals surface area contributed by atoms with E-state index >= 15 is 0 Å². The lowest BCUT2D eigenvalue weighted by Crippen LogP contribution is -2.51. The highest BCUT2D eigenvalue weighted by molar-refractivity contribution is 5.96. The summed E-state index contributed by atoms with van der Waals surface area (Å²) in [6, 6.07) is -1.34. The molecule has 0 aliphatic heterocycles. The molecule has 3 saturated carbocycles. The number of aliphatic hydroxyl groups excluding tert-OH is 2. The molecule has 0 aromatic heterocycles. The molecule has 0 bridgehead atoms. The van der Waals surface area contributed by atoms with Crippen LogP contribution in [-0.2, 0) is 14.4 Å². The van der Waals surface area contributed by atoms with Gasteiger partial charge in [0.2, 0.25) is 0 Å². The Bertz CT molecular complexity index is 825. The Labute approximate surface area is 189 Å². The Morgan fingerprint density at radius 1 is 1.19 bits per heavy atom. The van der Waals surface area contributed by atoms with Crippen LogP contribution in [0.3, 0.4) is 0 Å². The molecular formula is C24H36N2O6. The number of nitrogens with one attached hydrogen (secondary N) is 1. The van der Waals surface area contributed by atoms with E-state index in [9.17, 15) is 14.7 Å². The van der Waals surface area contributed by atoms with Crippen molar-refractivity contribution in [2.24, 2.45) is 33.7 Å². The summed E-state index contributed by atoms with van der Waals surface area (Å²) in [6.45, 7) is 3.63. The molecule has 32 heavy (non-hydrogen) atoms. The maximum absolute atomic E-state index is 11.8. The van der Waals surface area contributed by atoms with Crippen molar-refractivity contribution in [3.05, 3.63) is 11.6 Å². The second-order valence-corrected chi connectivity index (χ2v) is 10.6. The number of carbonyl (C=O) groups excluding carboxylic acids is 1. The van der Waals surface area contributed by atoms with Gasteiger partial charge >= 0.3 is 5.97 Å². The minimum Gasteiger partial charge on any atom is -0.480 e. The van der Waals surface area contributed by atoms with Crippen LogP contribution in [0, 0.1) is 28.6 Å². The van der Waals surface area contributed by atoms with E-state index in [1.54, 1.807) is 0 Å². The summed E-state index contributed by atoms with van der Waals surface area (Å²) < 4.78 is 0. The lowest BCUT2D eigenvalue weighted by atomic mass is 9.47. The van der Waals surface area contributed by atoms with Crippen molar-refractivity contribution in [3.63, 3.8) is 0 Å². The molecule has 0 radical (unpaired) electrons. The van der Waals surface area contributed by atoms with Gasteiger partial charge in [-0.1, -0.05) is 24.6 Å². The predicted octanol–water partition coefficient (Wildman–Crippen LogP) is 2.24. The fourth-order valence-corrected chi connectivity index (χ4v) is 7.21. The van der Waals surface area contributed by atoms with Crippen LogP contribution in [0.25, 0.3) is 0 Å². The van der Waals surface area contributed by atoms with Gasteiger partial charge in [0.1, 0.15) is 6.04 Å². The maximum Gasteiger partial charge on any atom is 0.328 e. The molecule has 8 heteroatoms. The van der Waals surface area contributed by atoms with E-state index in [2.05, 4.69) is 30.4 Å². The van der Waals surface area contributed by atoms with Gasteiger partial charge < -0.3 is 25.5 Å². The first-order valence-corrected chi connectivity index (χ1v) is 11.9. The number of amides is 1. The smallest absolute Gasteiger partial charge is 0.328 e. The number of hydrogen-bond acceptors (Lipinski definition) is 6. The van der Waals surface area contributed by atoms with Crippen molar-refractivity contribution >= 4 is 17.6 Å². The Balaban J connectivity index is 1.39. The molecule has 1 amide bonds. The second-order valence-electron chi connectivity index (χ2n) is 10.6. The molecule has 1 unspecified atom stereocenters. The van der Waals surface area contributed by atoms with Gasteiger partial charge in [-0.15, -0.1) is 0 Å². The minimum atomic E-state index is -1.34. The van der Waals surface area contributed by atoms with E-state index in [0.717, 1.165) is 50.7 Å². The fourth-order valence-electron chi connectivity index (χ4n) is 7.21. The second kappa shape index (κ2) is 8.78. The van der Waals surface area contributed by atoms with Crippen molar-refractivity contribution in [2.75, 3.05) is 13.2 Å². The first-order valence-electron chi connectivity index (χ1n) is 11.9. The summed E-state index contributed by atoms with van der Waals surface area (Å²) in [7, 11) is 0. The fraction of sp³-hybridized carbons (Fsp3) is 0.792. The Morgan fingerprint density at radius 3 is 2.69 bits per heavy atom. The third-order valence-corrected chi connectivity index (χ3v) is 9.12. The molecule has 0 spiro atoms. The molecule has 4 aliphatic carbocycles. The van der Waals surface area contributed by atoms with Gasteiger partial charge in [0.15, 0.2) is 6.61 Å². The molecule has 8 nitrogen and oxygen atoms in total. The highest BCUT2D eigenvalue weighted by Crippen LogP contribution is 2.65. The number of carbonyl (C=O) groups is 2. The standard InChI is InChI=1S/C24H36N2O6/c1-23-9-7-15(26-32-13-21(29)25-19(12-27)22(30)31)11-14(23)3-4-16-17-5-6-20(28)24(17,2)10-8-18(16)23/h11,16-20,27-28H,3-10,12-13H2,1-2H3,(H,25,29)(H,30,31)/t16-,17-,18-,19?,20+,23-,24-/m0/s1. The normalized spacial score (nSPS) is 40.5. The number of hydrogen-bond donors (Lipinski definition) is 4. The van der Waals surface area contributed by atoms with Gasteiger partial charge in [0.25, 0.3) is 5.91 Å². The minimum absolute atomic E-state index is 0.0874. The van der Waals surface area contributed by atoms with Gasteiger partial charge in [-0.25, -0.2) is 4.79 Å². The molecular weight excluding hydrogens is 412 g/mol. The molecule has 178 valence electrons. The number of aliphatic carboxylic acids is 1. The monoisotopic (exact) mass is 448 g/mol. The van der Waals surface area contributed by atoms with Gasteiger partial charge in [-0.3, -0.25) is 4.79 Å². The van der Waals surface area contributed by atoms with Crippen molar-refractivity contribution in [3.8, 4) is 0 Å². The summed E-state index contributed by atoms with van der Waals surface area (Å²) in [5.41, 5.74) is 2.48. The van der Waals surface area contributed by atoms with Crippen LogP contribution in [0.4, 0.5) is 0 Å². The average molecular weight is 449 g/mol. The molecule has 0 heterocycles. The molecule has 4 N–H and O–H groups in total. The van der Waals surface area contributed by atoms with E-state index in [1.807, 2.05) is 0 Å². The lowest BCUT2D eigenvalue weighted by Gasteiger charge is -2.57. The first-order chi connectivity index (χ1) is 15.2. The maximum atomic E-state index is 11.8. The Kier molecular flexibility index (Phi) is 6.38. The van der Waals surface area contributed by atoms with Gasteiger partial charge in [0.05, 0.1) is 18.4 Å². The number of fused-ring (bicyclic) bond motifs is 5. The third-order valence-electron chi connectivity index (χ3n) is 9.12. The summed E-state index contributed by atoms with van der Waals surface area (Å²) in [5, 5.41) is 34.8. The van der Waals surface area contributed by atoms with E-state index < -0.39 is 24.5 Å². The lowest BCUT2D eigenvalue weighted by molar-refractivity contribution is -0.143. The van der Waals surface area contributed by atoms with Crippen molar-refractivity contribution in [1.29, 1.82) is 0 Å². The molecule has 0 saturated heterocycles. The van der Waals surface area contributed by atoms with Crippen molar-refractivity contribution < 1.29 is 29.7 Å². The van der Waals surface area contributed by atoms with Crippen LogP contribution in [-0.4, -0.2) is 58.3 Å². The molecule has 3 fully saturated rings. The Hall–Kier alpha value is -1.93. The summed E-state index contributed by atoms with van der Waals surface area (Å²) >= 11 is 0. The van der Waals surface area contributed by atoms with Crippen molar-refractivity contribution in [2.45, 2.75) is 77.4 Å².